The molecular weight excluding hydrogens is 242 g/mol. The molecule has 84 valence electrons. The number of aromatic amines is 1. The van der Waals surface area contributed by atoms with Crippen molar-refractivity contribution in [2.75, 3.05) is 0 Å². The van der Waals surface area contributed by atoms with Crippen molar-refractivity contribution in [1.29, 1.82) is 0 Å². The Kier molecular flexibility index (Phi) is 2.34. The lowest BCUT2D eigenvalue weighted by Gasteiger charge is -2.04. The zero-order chi connectivity index (χ0) is 11.7. The number of fused-ring (bicyclic) bond motifs is 1. The Balaban J connectivity index is 2.08. The molecule has 3 rings (SSSR count). The highest BCUT2D eigenvalue weighted by atomic mass is 35.5. The van der Waals surface area contributed by atoms with Gasteiger partial charge in [0.05, 0.1) is 12.5 Å². The minimum atomic E-state index is 0.0866. The van der Waals surface area contributed by atoms with Gasteiger partial charge in [-0.15, -0.1) is 0 Å². The number of ether oxygens (including phenoxy) is 1. The maximum absolute atomic E-state index is 5.78. The van der Waals surface area contributed by atoms with Gasteiger partial charge in [-0.2, -0.15) is 9.97 Å². The summed E-state index contributed by atoms with van der Waals surface area (Å²) in [6, 6.07) is 3.54. The Morgan fingerprint density at radius 1 is 1.29 bits per heavy atom. The van der Waals surface area contributed by atoms with E-state index in [1.54, 1.807) is 24.5 Å². The monoisotopic (exact) mass is 247 g/mol. The molecule has 0 amide bonds. The summed E-state index contributed by atoms with van der Waals surface area (Å²) in [7, 11) is 0. The third-order valence-electron chi connectivity index (χ3n) is 2.07. The number of pyridine rings is 1. The minimum Gasteiger partial charge on any atom is -0.435 e. The maximum Gasteiger partial charge on any atom is 0.250 e. The van der Waals surface area contributed by atoms with Gasteiger partial charge in [0.1, 0.15) is 11.3 Å². The van der Waals surface area contributed by atoms with Crippen molar-refractivity contribution in [1.82, 2.24) is 24.9 Å². The quantitative estimate of drug-likeness (QED) is 0.703. The van der Waals surface area contributed by atoms with E-state index in [0.29, 0.717) is 22.8 Å². The first-order valence-electron chi connectivity index (χ1n) is 4.77. The highest BCUT2D eigenvalue weighted by Crippen LogP contribution is 2.25. The summed E-state index contributed by atoms with van der Waals surface area (Å²) in [5, 5.41) is 0.0866. The molecule has 7 heteroatoms. The molecule has 0 fully saturated rings. The van der Waals surface area contributed by atoms with Gasteiger partial charge >= 0.3 is 0 Å². The van der Waals surface area contributed by atoms with Crippen molar-refractivity contribution in [2.45, 2.75) is 0 Å². The molecular formula is C10H6ClN5O. The summed E-state index contributed by atoms with van der Waals surface area (Å²) in [6.45, 7) is 0. The van der Waals surface area contributed by atoms with Gasteiger partial charge in [0.25, 0.3) is 0 Å². The first kappa shape index (κ1) is 9.98. The highest BCUT2D eigenvalue weighted by Gasteiger charge is 2.10. The number of nitrogens with zero attached hydrogens (tertiary/aromatic N) is 4. The van der Waals surface area contributed by atoms with Crippen LogP contribution in [0.2, 0.25) is 5.28 Å². The van der Waals surface area contributed by atoms with Crippen LogP contribution in [0.5, 0.6) is 11.6 Å². The number of halogens is 1. The Morgan fingerprint density at radius 3 is 3.06 bits per heavy atom. The fraction of sp³-hybridized carbons (Fsp3) is 0. The zero-order valence-electron chi connectivity index (χ0n) is 8.46. The van der Waals surface area contributed by atoms with Gasteiger partial charge in [-0.05, 0) is 23.7 Å². The Hall–Kier alpha value is -2.21. The number of hydrogen-bond donors (Lipinski definition) is 1. The molecule has 3 heterocycles. The van der Waals surface area contributed by atoms with Crippen LogP contribution >= 0.6 is 11.6 Å². The first-order valence-corrected chi connectivity index (χ1v) is 5.15. The molecule has 0 radical (unpaired) electrons. The molecule has 0 saturated carbocycles. The van der Waals surface area contributed by atoms with Gasteiger partial charge in [0.15, 0.2) is 5.65 Å². The van der Waals surface area contributed by atoms with E-state index in [0.717, 1.165) is 0 Å². The Morgan fingerprint density at radius 2 is 2.24 bits per heavy atom. The predicted molar refractivity (Wildman–Crippen MR) is 61.0 cm³/mol. The van der Waals surface area contributed by atoms with Gasteiger partial charge in [0.2, 0.25) is 11.2 Å². The average molecular weight is 248 g/mol. The SMILES string of the molecule is Clc1nc(Oc2cccnc2)c2[nH]cnc2n1. The predicted octanol–water partition coefficient (Wildman–Crippen LogP) is 2.19. The molecule has 6 nitrogen and oxygen atoms in total. The molecule has 0 saturated heterocycles. The van der Waals surface area contributed by atoms with Crippen LogP contribution < -0.4 is 4.74 Å². The van der Waals surface area contributed by atoms with E-state index in [2.05, 4.69) is 24.9 Å². The number of imidazole rings is 1. The normalized spacial score (nSPS) is 10.6. The molecule has 0 bridgehead atoms. The second kappa shape index (κ2) is 3.99. The van der Waals surface area contributed by atoms with Gasteiger partial charge in [-0.1, -0.05) is 0 Å². The summed E-state index contributed by atoms with van der Waals surface area (Å²) in [5.74, 6) is 0.892. The van der Waals surface area contributed by atoms with Gasteiger partial charge < -0.3 is 9.72 Å². The second-order valence-electron chi connectivity index (χ2n) is 3.19. The summed E-state index contributed by atoms with van der Waals surface area (Å²) in [5.41, 5.74) is 1.06. The Labute approximate surface area is 101 Å². The fourth-order valence-electron chi connectivity index (χ4n) is 1.37. The number of rotatable bonds is 2. The number of aromatic nitrogens is 5. The van der Waals surface area contributed by atoms with Crippen LogP contribution in [0.15, 0.2) is 30.9 Å². The summed E-state index contributed by atoms with van der Waals surface area (Å²) in [6.07, 6.45) is 4.75. The number of H-pyrrole nitrogens is 1. The lowest BCUT2D eigenvalue weighted by Crippen LogP contribution is -1.92. The molecule has 17 heavy (non-hydrogen) atoms. The molecule has 3 aromatic heterocycles. The van der Waals surface area contributed by atoms with E-state index < -0.39 is 0 Å². The Bertz CT molecular complexity index is 654. The topological polar surface area (TPSA) is 76.6 Å². The molecule has 1 N–H and O–H groups in total. The molecule has 0 aliphatic heterocycles. The van der Waals surface area contributed by atoms with Crippen LogP contribution in [-0.4, -0.2) is 24.9 Å². The van der Waals surface area contributed by atoms with Crippen molar-refractivity contribution in [3.05, 3.63) is 36.1 Å². The van der Waals surface area contributed by atoms with Crippen LogP contribution in [0.4, 0.5) is 0 Å². The van der Waals surface area contributed by atoms with Crippen molar-refractivity contribution in [2.24, 2.45) is 0 Å². The minimum absolute atomic E-state index is 0.0866. The van der Waals surface area contributed by atoms with Crippen molar-refractivity contribution >= 4 is 22.8 Å². The van der Waals surface area contributed by atoms with Crippen molar-refractivity contribution < 1.29 is 4.74 Å². The standard InChI is InChI=1S/C10H6ClN5O/c11-10-15-8-7(13-5-14-8)9(16-10)17-6-2-1-3-12-4-6/h1-5H,(H,13,14,15,16). The molecule has 3 aromatic rings. The highest BCUT2D eigenvalue weighted by molar-refractivity contribution is 6.28. The number of hydrogen-bond acceptors (Lipinski definition) is 5. The van der Waals surface area contributed by atoms with E-state index in [-0.39, 0.29) is 5.28 Å². The molecule has 0 atom stereocenters. The molecule has 0 aliphatic rings. The van der Waals surface area contributed by atoms with E-state index in [1.165, 1.54) is 6.33 Å². The van der Waals surface area contributed by atoms with E-state index >= 15 is 0 Å². The van der Waals surface area contributed by atoms with Crippen LogP contribution in [0.3, 0.4) is 0 Å². The van der Waals surface area contributed by atoms with Crippen molar-refractivity contribution in [3.8, 4) is 11.6 Å². The molecule has 0 spiro atoms. The van der Waals surface area contributed by atoms with Crippen LogP contribution in [-0.2, 0) is 0 Å². The second-order valence-corrected chi connectivity index (χ2v) is 3.53. The largest absolute Gasteiger partial charge is 0.435 e. The van der Waals surface area contributed by atoms with Crippen LogP contribution in [0.1, 0.15) is 0 Å². The fourth-order valence-corrected chi connectivity index (χ4v) is 1.53. The van der Waals surface area contributed by atoms with Crippen LogP contribution in [0, 0.1) is 0 Å². The molecule has 0 unspecified atom stereocenters. The zero-order valence-corrected chi connectivity index (χ0v) is 9.22. The van der Waals surface area contributed by atoms with E-state index in [1.807, 2.05) is 0 Å². The number of nitrogens with one attached hydrogen (secondary N) is 1. The lowest BCUT2D eigenvalue weighted by atomic mass is 10.4. The summed E-state index contributed by atoms with van der Waals surface area (Å²) >= 11 is 5.78. The van der Waals surface area contributed by atoms with Gasteiger partial charge in [-0.25, -0.2) is 4.98 Å². The van der Waals surface area contributed by atoms with E-state index in [9.17, 15) is 0 Å². The lowest BCUT2D eigenvalue weighted by molar-refractivity contribution is 0.465. The van der Waals surface area contributed by atoms with Crippen molar-refractivity contribution in [3.63, 3.8) is 0 Å². The maximum atomic E-state index is 5.78. The third-order valence-corrected chi connectivity index (χ3v) is 2.24. The summed E-state index contributed by atoms with van der Waals surface area (Å²) < 4.78 is 5.56. The molecule has 0 aliphatic carbocycles. The van der Waals surface area contributed by atoms with Crippen LogP contribution in [0.25, 0.3) is 11.2 Å². The summed E-state index contributed by atoms with van der Waals surface area (Å²) in [4.78, 5) is 18.8. The smallest absolute Gasteiger partial charge is 0.250 e. The molecule has 0 aromatic carbocycles. The van der Waals surface area contributed by atoms with E-state index in [4.69, 9.17) is 16.3 Å². The van der Waals surface area contributed by atoms with Gasteiger partial charge in [0, 0.05) is 6.20 Å². The average Bonchev–Trinajstić information content (AvgIpc) is 2.78. The third kappa shape index (κ3) is 1.90. The van der Waals surface area contributed by atoms with Gasteiger partial charge in [-0.3, -0.25) is 4.98 Å². The first-order chi connectivity index (χ1) is 8.33.